The van der Waals surface area contributed by atoms with Crippen molar-refractivity contribution in [3.63, 3.8) is 0 Å². The molecule has 0 aromatic carbocycles. The Labute approximate surface area is 112 Å². The van der Waals surface area contributed by atoms with Gasteiger partial charge in [-0.15, -0.1) is 23.7 Å². The number of halogens is 1. The molecule has 1 atom stereocenters. The molecule has 1 aliphatic rings. The summed E-state index contributed by atoms with van der Waals surface area (Å²) in [6, 6.07) is 0. The molecule has 3 N–H and O–H groups in total. The molecule has 0 saturated carbocycles. The highest BCUT2D eigenvalue weighted by atomic mass is 35.5. The molecule has 98 valence electrons. The number of hydrogen-bond acceptors (Lipinski definition) is 5. The van der Waals surface area contributed by atoms with E-state index in [4.69, 9.17) is 5.73 Å². The molecule has 0 aliphatic carbocycles. The third-order valence-corrected chi connectivity index (χ3v) is 4.08. The zero-order valence-electron chi connectivity index (χ0n) is 10.0. The van der Waals surface area contributed by atoms with Crippen molar-refractivity contribution in [1.29, 1.82) is 0 Å². The van der Waals surface area contributed by atoms with Gasteiger partial charge in [-0.2, -0.15) is 0 Å². The predicted octanol–water partition coefficient (Wildman–Crippen LogP) is 1.74. The van der Waals surface area contributed by atoms with Gasteiger partial charge < -0.3 is 10.8 Å². The number of hydrogen-bond donors (Lipinski definition) is 2. The van der Waals surface area contributed by atoms with E-state index in [2.05, 4.69) is 9.88 Å². The second-order valence-corrected chi connectivity index (χ2v) is 5.67. The second kappa shape index (κ2) is 6.54. The van der Waals surface area contributed by atoms with Gasteiger partial charge >= 0.3 is 0 Å². The number of likely N-dealkylation sites (tertiary alicyclic amines) is 1. The van der Waals surface area contributed by atoms with Crippen LogP contribution in [-0.4, -0.2) is 34.2 Å². The van der Waals surface area contributed by atoms with Crippen LogP contribution in [0.4, 0.5) is 5.13 Å². The highest BCUT2D eigenvalue weighted by molar-refractivity contribution is 7.15. The minimum atomic E-state index is -0.166. The van der Waals surface area contributed by atoms with E-state index in [1.165, 1.54) is 4.88 Å². The van der Waals surface area contributed by atoms with E-state index in [1.807, 2.05) is 13.1 Å². The molecule has 0 radical (unpaired) electrons. The normalized spacial score (nSPS) is 19.9. The molecule has 1 fully saturated rings. The first-order valence-corrected chi connectivity index (χ1v) is 6.57. The zero-order valence-corrected chi connectivity index (χ0v) is 11.6. The fraction of sp³-hybridized carbons (Fsp3) is 0.727. The molecular weight excluding hydrogens is 258 g/mol. The third kappa shape index (κ3) is 4.10. The van der Waals surface area contributed by atoms with Gasteiger partial charge in [-0.05, 0) is 38.8 Å². The van der Waals surface area contributed by atoms with Crippen LogP contribution in [0, 0.1) is 5.92 Å². The van der Waals surface area contributed by atoms with E-state index in [-0.39, 0.29) is 18.5 Å². The Hall–Kier alpha value is -0.360. The predicted molar refractivity (Wildman–Crippen MR) is 73.5 cm³/mol. The van der Waals surface area contributed by atoms with E-state index in [1.54, 1.807) is 11.3 Å². The Morgan fingerprint density at radius 1 is 1.59 bits per heavy atom. The summed E-state index contributed by atoms with van der Waals surface area (Å²) in [5.41, 5.74) is 5.60. The van der Waals surface area contributed by atoms with Gasteiger partial charge in [0, 0.05) is 17.6 Å². The van der Waals surface area contributed by atoms with Crippen molar-refractivity contribution in [3.05, 3.63) is 11.1 Å². The lowest BCUT2D eigenvalue weighted by atomic mass is 9.92. The minimum absolute atomic E-state index is 0. The summed E-state index contributed by atoms with van der Waals surface area (Å²) in [4.78, 5) is 7.69. The van der Waals surface area contributed by atoms with Gasteiger partial charge in [0.15, 0.2) is 5.13 Å². The van der Waals surface area contributed by atoms with E-state index < -0.39 is 0 Å². The molecule has 1 aliphatic heterocycles. The fourth-order valence-corrected chi connectivity index (χ4v) is 2.94. The lowest BCUT2D eigenvalue weighted by molar-refractivity contribution is 0.0698. The Kier molecular flexibility index (Phi) is 5.66. The van der Waals surface area contributed by atoms with E-state index in [0.717, 1.165) is 32.5 Å². The van der Waals surface area contributed by atoms with Crippen molar-refractivity contribution in [2.45, 2.75) is 32.4 Å². The van der Waals surface area contributed by atoms with Crippen molar-refractivity contribution in [2.24, 2.45) is 5.92 Å². The summed E-state index contributed by atoms with van der Waals surface area (Å²) >= 11 is 1.56. The number of aromatic nitrogens is 1. The molecule has 1 aromatic heterocycles. The SMILES string of the molecule is CC(O)C1CCN(Cc2cnc(N)s2)CC1.Cl. The Morgan fingerprint density at radius 3 is 2.71 bits per heavy atom. The van der Waals surface area contributed by atoms with Crippen LogP contribution in [0.5, 0.6) is 0 Å². The second-order valence-electron chi connectivity index (χ2n) is 4.52. The Balaban J connectivity index is 0.00000144. The maximum absolute atomic E-state index is 9.51. The lowest BCUT2D eigenvalue weighted by Gasteiger charge is -2.32. The van der Waals surface area contributed by atoms with Gasteiger partial charge in [0.25, 0.3) is 0 Å². The topological polar surface area (TPSA) is 62.4 Å². The van der Waals surface area contributed by atoms with Gasteiger partial charge in [0.2, 0.25) is 0 Å². The summed E-state index contributed by atoms with van der Waals surface area (Å²) in [6.45, 7) is 4.96. The molecular formula is C11H20ClN3OS. The van der Waals surface area contributed by atoms with Crippen LogP contribution in [-0.2, 0) is 6.54 Å². The fourth-order valence-electron chi connectivity index (χ4n) is 2.21. The highest BCUT2D eigenvalue weighted by Crippen LogP contribution is 2.23. The maximum Gasteiger partial charge on any atom is 0.180 e. The molecule has 1 unspecified atom stereocenters. The van der Waals surface area contributed by atoms with E-state index >= 15 is 0 Å². The first-order valence-electron chi connectivity index (χ1n) is 5.76. The molecule has 1 aromatic rings. The summed E-state index contributed by atoms with van der Waals surface area (Å²) in [5.74, 6) is 0.475. The molecule has 17 heavy (non-hydrogen) atoms. The van der Waals surface area contributed by atoms with Crippen molar-refractivity contribution in [1.82, 2.24) is 9.88 Å². The number of rotatable bonds is 3. The smallest absolute Gasteiger partial charge is 0.180 e. The largest absolute Gasteiger partial charge is 0.393 e. The average molecular weight is 278 g/mol. The zero-order chi connectivity index (χ0) is 11.5. The van der Waals surface area contributed by atoms with Crippen LogP contribution in [0.25, 0.3) is 0 Å². The van der Waals surface area contributed by atoms with Gasteiger partial charge in [-0.1, -0.05) is 0 Å². The molecule has 0 amide bonds. The number of nitrogens with zero attached hydrogens (tertiary/aromatic N) is 2. The highest BCUT2D eigenvalue weighted by Gasteiger charge is 2.22. The van der Waals surface area contributed by atoms with Crippen molar-refractivity contribution in [3.8, 4) is 0 Å². The van der Waals surface area contributed by atoms with Crippen LogP contribution < -0.4 is 5.73 Å². The summed E-state index contributed by atoms with van der Waals surface area (Å²) in [6.07, 6.45) is 3.87. The van der Waals surface area contributed by atoms with Crippen molar-refractivity contribution >= 4 is 28.9 Å². The number of nitrogens with two attached hydrogens (primary N) is 1. The third-order valence-electron chi connectivity index (χ3n) is 3.27. The Bertz CT molecular complexity index is 337. The lowest BCUT2D eigenvalue weighted by Crippen LogP contribution is -2.36. The molecule has 2 heterocycles. The van der Waals surface area contributed by atoms with Crippen molar-refractivity contribution in [2.75, 3.05) is 18.8 Å². The van der Waals surface area contributed by atoms with E-state index in [9.17, 15) is 5.11 Å². The first-order chi connectivity index (χ1) is 7.65. The number of thiazole rings is 1. The summed E-state index contributed by atoms with van der Waals surface area (Å²) < 4.78 is 0. The molecule has 0 bridgehead atoms. The molecule has 1 saturated heterocycles. The van der Waals surface area contributed by atoms with Crippen LogP contribution in [0.1, 0.15) is 24.6 Å². The van der Waals surface area contributed by atoms with Gasteiger partial charge in [-0.3, -0.25) is 4.90 Å². The number of nitrogen functional groups attached to an aromatic ring is 1. The number of aliphatic hydroxyl groups excluding tert-OH is 1. The van der Waals surface area contributed by atoms with Gasteiger partial charge in [-0.25, -0.2) is 4.98 Å². The maximum atomic E-state index is 9.51. The van der Waals surface area contributed by atoms with Gasteiger partial charge in [0.1, 0.15) is 0 Å². The first kappa shape index (κ1) is 14.7. The minimum Gasteiger partial charge on any atom is -0.393 e. The average Bonchev–Trinajstić information content (AvgIpc) is 2.65. The number of anilines is 1. The molecule has 0 spiro atoms. The Morgan fingerprint density at radius 2 is 2.24 bits per heavy atom. The van der Waals surface area contributed by atoms with Crippen LogP contribution in [0.2, 0.25) is 0 Å². The quantitative estimate of drug-likeness (QED) is 0.883. The summed E-state index contributed by atoms with van der Waals surface area (Å²) in [7, 11) is 0. The van der Waals surface area contributed by atoms with Crippen LogP contribution in [0.3, 0.4) is 0 Å². The van der Waals surface area contributed by atoms with Crippen molar-refractivity contribution < 1.29 is 5.11 Å². The van der Waals surface area contributed by atoms with Gasteiger partial charge in [0.05, 0.1) is 6.10 Å². The summed E-state index contributed by atoms with van der Waals surface area (Å²) in [5, 5.41) is 10.2. The van der Waals surface area contributed by atoms with Crippen LogP contribution in [0.15, 0.2) is 6.20 Å². The van der Waals surface area contributed by atoms with Crippen LogP contribution >= 0.6 is 23.7 Å². The number of aliphatic hydroxyl groups is 1. The molecule has 6 heteroatoms. The number of piperidine rings is 1. The van der Waals surface area contributed by atoms with E-state index in [0.29, 0.717) is 11.0 Å². The standard InChI is InChI=1S/C11H19N3OS.ClH/c1-8(15)9-2-4-14(5-3-9)7-10-6-13-11(12)16-10;/h6,8-9,15H,2-5,7H2,1H3,(H2,12,13);1H. The monoisotopic (exact) mass is 277 g/mol. The molecule has 2 rings (SSSR count). The molecule has 4 nitrogen and oxygen atoms in total.